The Morgan fingerprint density at radius 2 is 1.76 bits per heavy atom. The van der Waals surface area contributed by atoms with Crippen molar-refractivity contribution >= 4 is 28.8 Å². The summed E-state index contributed by atoms with van der Waals surface area (Å²) in [6.45, 7) is 4.04. The molecule has 1 aromatic heterocycles. The number of benzene rings is 1. The number of hydrogen-bond donors (Lipinski definition) is 0. The maximum Gasteiger partial charge on any atom is 0.406 e. The Labute approximate surface area is 153 Å². The summed E-state index contributed by atoms with van der Waals surface area (Å²) >= 11 is 7.04. The van der Waals surface area contributed by atoms with Crippen LogP contribution in [0.15, 0.2) is 29.6 Å². The molecule has 0 saturated heterocycles. The van der Waals surface area contributed by atoms with Crippen molar-refractivity contribution < 1.29 is 18.0 Å². The molecule has 0 aliphatic carbocycles. The van der Waals surface area contributed by atoms with E-state index >= 15 is 0 Å². The molecular formula is C17H18ClF3N2OS. The zero-order chi connectivity index (χ0) is 18.8. The molecule has 1 heterocycles. The molecule has 0 aliphatic heterocycles. The van der Waals surface area contributed by atoms with Gasteiger partial charge in [0.15, 0.2) is 0 Å². The molecule has 1 amide bonds. The van der Waals surface area contributed by atoms with Crippen molar-refractivity contribution in [1.82, 2.24) is 9.88 Å². The number of carbonyl (C=O) groups excluding carboxylic acids is 1. The molecular weight excluding hydrogens is 373 g/mol. The number of carbonyl (C=O) groups is 1. The van der Waals surface area contributed by atoms with Gasteiger partial charge < -0.3 is 4.90 Å². The summed E-state index contributed by atoms with van der Waals surface area (Å²) in [5, 5.41) is 2.61. The van der Waals surface area contributed by atoms with E-state index in [9.17, 15) is 18.0 Å². The Kier molecular flexibility index (Phi) is 5.79. The molecule has 136 valence electrons. The van der Waals surface area contributed by atoms with E-state index < -0.39 is 24.0 Å². The standard InChI is InChI=1S/C17H18ClF3N2OS/c1-16(2,3)9-23(10-17(19,20)21)15(24)13-8-25-14(22-13)11-4-6-12(18)7-5-11/h4-8H,9-10H2,1-3H3. The molecule has 0 fully saturated rings. The maximum absolute atomic E-state index is 12.8. The Bertz CT molecular complexity index is 720. The summed E-state index contributed by atoms with van der Waals surface area (Å²) < 4.78 is 38.5. The molecule has 0 spiro atoms. The molecule has 25 heavy (non-hydrogen) atoms. The summed E-state index contributed by atoms with van der Waals surface area (Å²) in [6, 6.07) is 6.88. The largest absolute Gasteiger partial charge is 0.406 e. The van der Waals surface area contributed by atoms with Gasteiger partial charge in [-0.25, -0.2) is 4.98 Å². The summed E-state index contributed by atoms with van der Waals surface area (Å²) in [4.78, 5) is 17.6. The Hall–Kier alpha value is -1.60. The van der Waals surface area contributed by atoms with Crippen molar-refractivity contribution in [1.29, 1.82) is 0 Å². The van der Waals surface area contributed by atoms with E-state index in [0.29, 0.717) is 10.0 Å². The first-order valence-electron chi connectivity index (χ1n) is 7.52. The summed E-state index contributed by atoms with van der Waals surface area (Å²) in [7, 11) is 0. The molecule has 8 heteroatoms. The molecule has 2 rings (SSSR count). The average molecular weight is 391 g/mol. The van der Waals surface area contributed by atoms with Crippen LogP contribution in [0.4, 0.5) is 13.2 Å². The van der Waals surface area contributed by atoms with Gasteiger partial charge in [-0.05, 0) is 17.5 Å². The van der Waals surface area contributed by atoms with E-state index in [4.69, 9.17) is 11.6 Å². The summed E-state index contributed by atoms with van der Waals surface area (Å²) in [5.74, 6) is -0.719. The first kappa shape index (κ1) is 19.7. The number of alkyl halides is 3. The number of aromatic nitrogens is 1. The first-order chi connectivity index (χ1) is 11.4. The molecule has 0 N–H and O–H groups in total. The van der Waals surface area contributed by atoms with Crippen molar-refractivity contribution in [3.63, 3.8) is 0 Å². The lowest BCUT2D eigenvalue weighted by Gasteiger charge is -2.30. The minimum Gasteiger partial charge on any atom is -0.328 e. The van der Waals surface area contributed by atoms with Crippen LogP contribution in [0, 0.1) is 5.41 Å². The second kappa shape index (κ2) is 7.33. The van der Waals surface area contributed by atoms with Crippen LogP contribution in [0.25, 0.3) is 10.6 Å². The van der Waals surface area contributed by atoms with E-state index in [2.05, 4.69) is 4.98 Å². The van der Waals surface area contributed by atoms with Crippen molar-refractivity contribution in [2.45, 2.75) is 26.9 Å². The van der Waals surface area contributed by atoms with Gasteiger partial charge >= 0.3 is 6.18 Å². The van der Waals surface area contributed by atoms with Crippen LogP contribution in [0.2, 0.25) is 5.02 Å². The van der Waals surface area contributed by atoms with Crippen molar-refractivity contribution in [2.75, 3.05) is 13.1 Å². The zero-order valence-corrected chi connectivity index (χ0v) is 15.6. The van der Waals surface area contributed by atoms with Gasteiger partial charge in [-0.3, -0.25) is 4.79 Å². The van der Waals surface area contributed by atoms with E-state index in [-0.39, 0.29) is 12.2 Å². The van der Waals surface area contributed by atoms with Gasteiger partial charge in [-0.2, -0.15) is 13.2 Å². The predicted octanol–water partition coefficient (Wildman–Crippen LogP) is 5.51. The lowest BCUT2D eigenvalue weighted by atomic mass is 9.96. The number of nitrogens with zero attached hydrogens (tertiary/aromatic N) is 2. The third-order valence-corrected chi connectivity index (χ3v) is 4.28. The average Bonchev–Trinajstić information content (AvgIpc) is 2.93. The third-order valence-electron chi connectivity index (χ3n) is 3.14. The fourth-order valence-electron chi connectivity index (χ4n) is 2.25. The number of thiazole rings is 1. The van der Waals surface area contributed by atoms with Crippen molar-refractivity contribution in [3.8, 4) is 10.6 Å². The molecule has 0 bridgehead atoms. The van der Waals surface area contributed by atoms with Gasteiger partial charge in [-0.15, -0.1) is 11.3 Å². The van der Waals surface area contributed by atoms with Crippen molar-refractivity contribution in [2.24, 2.45) is 5.41 Å². The SMILES string of the molecule is CC(C)(C)CN(CC(F)(F)F)C(=O)c1csc(-c2ccc(Cl)cc2)n1. The van der Waals surface area contributed by atoms with Gasteiger partial charge in [0.25, 0.3) is 5.91 Å². The molecule has 0 saturated carbocycles. The number of amides is 1. The molecule has 0 aliphatic rings. The number of rotatable bonds is 4. The second-order valence-electron chi connectivity index (χ2n) is 6.88. The van der Waals surface area contributed by atoms with E-state index in [1.54, 1.807) is 45.0 Å². The predicted molar refractivity (Wildman–Crippen MR) is 94.0 cm³/mol. The Morgan fingerprint density at radius 3 is 2.28 bits per heavy atom. The molecule has 0 radical (unpaired) electrons. The summed E-state index contributed by atoms with van der Waals surface area (Å²) in [6.07, 6.45) is -4.46. The lowest BCUT2D eigenvalue weighted by Crippen LogP contribution is -2.43. The zero-order valence-electron chi connectivity index (χ0n) is 14.0. The minimum atomic E-state index is -4.46. The molecule has 3 nitrogen and oxygen atoms in total. The highest BCUT2D eigenvalue weighted by atomic mass is 35.5. The second-order valence-corrected chi connectivity index (χ2v) is 8.18. The first-order valence-corrected chi connectivity index (χ1v) is 8.78. The van der Waals surface area contributed by atoms with Crippen LogP contribution in [0.3, 0.4) is 0 Å². The van der Waals surface area contributed by atoms with Crippen LogP contribution in [-0.2, 0) is 0 Å². The summed E-state index contributed by atoms with van der Waals surface area (Å²) in [5.41, 5.74) is 0.311. The van der Waals surface area contributed by atoms with Crippen molar-refractivity contribution in [3.05, 3.63) is 40.4 Å². The molecule has 1 aromatic carbocycles. The monoisotopic (exact) mass is 390 g/mol. The fraction of sp³-hybridized carbons (Fsp3) is 0.412. The van der Waals surface area contributed by atoms with Gasteiger partial charge in [0, 0.05) is 22.5 Å². The van der Waals surface area contributed by atoms with Gasteiger partial charge in [-0.1, -0.05) is 44.5 Å². The van der Waals surface area contributed by atoms with Gasteiger partial charge in [0.1, 0.15) is 17.2 Å². The van der Waals surface area contributed by atoms with E-state index in [1.807, 2.05) is 0 Å². The van der Waals surface area contributed by atoms with Crippen LogP contribution >= 0.6 is 22.9 Å². The highest BCUT2D eigenvalue weighted by molar-refractivity contribution is 7.13. The third kappa shape index (κ3) is 6.01. The van der Waals surface area contributed by atoms with Crippen LogP contribution < -0.4 is 0 Å². The fourth-order valence-corrected chi connectivity index (χ4v) is 3.17. The normalized spacial score (nSPS) is 12.3. The lowest BCUT2D eigenvalue weighted by molar-refractivity contribution is -0.142. The minimum absolute atomic E-state index is 0.0147. The van der Waals surface area contributed by atoms with E-state index in [0.717, 1.165) is 10.5 Å². The van der Waals surface area contributed by atoms with Crippen LogP contribution in [-0.4, -0.2) is 35.1 Å². The maximum atomic E-state index is 12.8. The smallest absolute Gasteiger partial charge is 0.328 e. The molecule has 0 unspecified atom stereocenters. The number of halogens is 4. The highest BCUT2D eigenvalue weighted by Gasteiger charge is 2.35. The Morgan fingerprint density at radius 1 is 1.16 bits per heavy atom. The van der Waals surface area contributed by atoms with E-state index in [1.165, 1.54) is 16.7 Å². The quantitative estimate of drug-likeness (QED) is 0.689. The molecule has 2 aromatic rings. The highest BCUT2D eigenvalue weighted by Crippen LogP contribution is 2.27. The topological polar surface area (TPSA) is 33.2 Å². The van der Waals surface area contributed by atoms with Gasteiger partial charge in [0.05, 0.1) is 0 Å². The molecule has 0 atom stereocenters. The van der Waals surface area contributed by atoms with Crippen LogP contribution in [0.1, 0.15) is 31.3 Å². The Balaban J connectivity index is 2.25. The van der Waals surface area contributed by atoms with Gasteiger partial charge in [0.2, 0.25) is 0 Å². The van der Waals surface area contributed by atoms with Crippen LogP contribution in [0.5, 0.6) is 0 Å². The number of hydrogen-bond acceptors (Lipinski definition) is 3.